The van der Waals surface area contributed by atoms with E-state index in [2.05, 4.69) is 0 Å². The molecule has 6 rings (SSSR count). The Morgan fingerprint density at radius 3 is 2.63 bits per heavy atom. The average molecular weight is 657 g/mol. The summed E-state index contributed by atoms with van der Waals surface area (Å²) in [6, 6.07) is 18.2. The van der Waals surface area contributed by atoms with Gasteiger partial charge < -0.3 is 14.1 Å². The predicted molar refractivity (Wildman–Crippen MR) is 178 cm³/mol. The van der Waals surface area contributed by atoms with Gasteiger partial charge in [0.1, 0.15) is 23.3 Å². The number of furan rings is 1. The largest absolute Gasteiger partial charge is 0.496 e. The second kappa shape index (κ2) is 12.4. The van der Waals surface area contributed by atoms with Crippen molar-refractivity contribution in [2.24, 2.45) is 4.99 Å². The van der Waals surface area contributed by atoms with Gasteiger partial charge in [0.2, 0.25) is 0 Å². The number of aromatic nitrogens is 1. The molecule has 0 bridgehead atoms. The summed E-state index contributed by atoms with van der Waals surface area (Å²) in [5, 5.41) is 13.4. The SMILES string of the molecule is CCN(CC)C(=O)C1=C(C)N=c2s/c(=C/c3ccc(-c4cc([N+](=O)[O-])ccc4Cl)o3)c(=O)n2[C@@H]1c1c(OC)ccc2ccccc12. The average Bonchev–Trinajstić information content (AvgIpc) is 3.64. The Morgan fingerprint density at radius 2 is 1.91 bits per heavy atom. The number of non-ortho nitro benzene ring substituents is 1. The van der Waals surface area contributed by atoms with E-state index in [-0.39, 0.29) is 22.2 Å². The number of amides is 1. The number of carbonyl (C=O) groups is 1. The molecule has 3 heterocycles. The lowest BCUT2D eigenvalue weighted by Crippen LogP contribution is -2.43. The van der Waals surface area contributed by atoms with Crippen LogP contribution in [0.1, 0.15) is 38.1 Å². The number of nitro groups is 1. The molecule has 0 fully saturated rings. The van der Waals surface area contributed by atoms with E-state index in [1.165, 1.54) is 29.5 Å². The van der Waals surface area contributed by atoms with Crippen molar-refractivity contribution in [3.8, 4) is 17.1 Å². The Kier molecular flexibility index (Phi) is 8.37. The summed E-state index contributed by atoms with van der Waals surface area (Å²) in [6.45, 7) is 6.60. The summed E-state index contributed by atoms with van der Waals surface area (Å²) in [5.41, 5.74) is 1.49. The molecule has 1 aliphatic rings. The summed E-state index contributed by atoms with van der Waals surface area (Å²) < 4.78 is 13.7. The fourth-order valence-electron chi connectivity index (χ4n) is 5.80. The topological polar surface area (TPSA) is 120 Å². The molecule has 0 radical (unpaired) electrons. The first-order chi connectivity index (χ1) is 22.2. The van der Waals surface area contributed by atoms with E-state index in [1.807, 2.05) is 50.2 Å². The molecule has 1 atom stereocenters. The number of nitrogens with zero attached hydrogens (tertiary/aromatic N) is 4. The number of nitro benzene ring substituents is 1. The van der Waals surface area contributed by atoms with Gasteiger partial charge in [-0.05, 0) is 55.8 Å². The maximum Gasteiger partial charge on any atom is 0.271 e. The van der Waals surface area contributed by atoms with Gasteiger partial charge in [0.25, 0.3) is 17.2 Å². The van der Waals surface area contributed by atoms with Crippen LogP contribution in [0.2, 0.25) is 5.02 Å². The molecule has 0 saturated heterocycles. The minimum absolute atomic E-state index is 0.125. The number of thiazole rings is 1. The Morgan fingerprint density at radius 1 is 1.15 bits per heavy atom. The van der Waals surface area contributed by atoms with Gasteiger partial charge in [-0.2, -0.15) is 0 Å². The van der Waals surface area contributed by atoms with Gasteiger partial charge in [-0.15, -0.1) is 0 Å². The minimum atomic E-state index is -0.816. The molecule has 1 aliphatic heterocycles. The lowest BCUT2D eigenvalue weighted by Gasteiger charge is -2.30. The van der Waals surface area contributed by atoms with Crippen molar-refractivity contribution in [3.63, 3.8) is 0 Å². The van der Waals surface area contributed by atoms with Crippen molar-refractivity contribution < 1.29 is 18.9 Å². The van der Waals surface area contributed by atoms with E-state index in [4.69, 9.17) is 25.7 Å². The predicted octanol–water partition coefficient (Wildman–Crippen LogP) is 6.09. The minimum Gasteiger partial charge on any atom is -0.496 e. The Hall–Kier alpha value is -5.00. The highest BCUT2D eigenvalue weighted by Gasteiger charge is 2.36. The summed E-state index contributed by atoms with van der Waals surface area (Å²) in [6.07, 6.45) is 1.60. The number of hydrogen-bond donors (Lipinski definition) is 0. The van der Waals surface area contributed by atoms with E-state index in [1.54, 1.807) is 41.7 Å². The van der Waals surface area contributed by atoms with Crippen LogP contribution in [0.25, 0.3) is 28.2 Å². The van der Waals surface area contributed by atoms with E-state index in [0.717, 1.165) is 10.8 Å². The maximum atomic E-state index is 14.3. The van der Waals surface area contributed by atoms with Crippen molar-refractivity contribution >= 4 is 51.4 Å². The van der Waals surface area contributed by atoms with E-state index >= 15 is 0 Å². The van der Waals surface area contributed by atoms with Gasteiger partial charge in [0.05, 0.1) is 32.9 Å². The summed E-state index contributed by atoms with van der Waals surface area (Å²) >= 11 is 7.51. The molecule has 12 heteroatoms. The molecule has 0 N–H and O–H groups in total. The molecule has 5 aromatic rings. The first-order valence-electron chi connectivity index (χ1n) is 14.6. The highest BCUT2D eigenvalue weighted by molar-refractivity contribution is 7.07. The second-order valence-corrected chi connectivity index (χ2v) is 12.0. The van der Waals surface area contributed by atoms with Crippen LogP contribution in [0, 0.1) is 10.1 Å². The number of likely N-dealkylation sites (N-methyl/N-ethyl adjacent to an activating group) is 1. The van der Waals surface area contributed by atoms with Crippen LogP contribution in [0.5, 0.6) is 5.75 Å². The van der Waals surface area contributed by atoms with Crippen LogP contribution in [-0.4, -0.2) is 40.5 Å². The highest BCUT2D eigenvalue weighted by atomic mass is 35.5. The monoisotopic (exact) mass is 656 g/mol. The number of methoxy groups -OCH3 is 1. The van der Waals surface area contributed by atoms with E-state index in [0.29, 0.717) is 62.1 Å². The zero-order valence-electron chi connectivity index (χ0n) is 25.4. The van der Waals surface area contributed by atoms with E-state index in [9.17, 15) is 19.7 Å². The number of allylic oxidation sites excluding steroid dienone is 1. The molecule has 3 aromatic carbocycles. The van der Waals surface area contributed by atoms with Gasteiger partial charge in [-0.25, -0.2) is 4.99 Å². The van der Waals surface area contributed by atoms with Crippen molar-refractivity contribution in [2.75, 3.05) is 20.2 Å². The van der Waals surface area contributed by atoms with Crippen molar-refractivity contribution in [2.45, 2.75) is 26.8 Å². The molecular formula is C34H29ClN4O6S. The van der Waals surface area contributed by atoms with Crippen molar-refractivity contribution in [1.82, 2.24) is 9.47 Å². The molecule has 0 unspecified atom stereocenters. The van der Waals surface area contributed by atoms with Crippen LogP contribution in [0.15, 0.2) is 92.2 Å². The lowest BCUT2D eigenvalue weighted by atomic mass is 9.90. The van der Waals surface area contributed by atoms with Crippen molar-refractivity contribution in [3.05, 3.63) is 124 Å². The van der Waals surface area contributed by atoms with Crippen LogP contribution in [0.4, 0.5) is 5.69 Å². The fraction of sp³-hybridized carbons (Fsp3) is 0.206. The third-order valence-electron chi connectivity index (χ3n) is 8.05. The number of rotatable bonds is 8. The molecule has 10 nitrogen and oxygen atoms in total. The van der Waals surface area contributed by atoms with Crippen LogP contribution < -0.4 is 19.6 Å². The Labute approximate surface area is 272 Å². The quantitative estimate of drug-likeness (QED) is 0.147. The third-order valence-corrected chi connectivity index (χ3v) is 9.37. The Balaban J connectivity index is 1.56. The van der Waals surface area contributed by atoms with Crippen LogP contribution in [0.3, 0.4) is 0 Å². The number of halogens is 1. The summed E-state index contributed by atoms with van der Waals surface area (Å²) in [7, 11) is 1.57. The normalized spacial score (nSPS) is 14.7. The molecular weight excluding hydrogens is 628 g/mol. The molecule has 234 valence electrons. The third kappa shape index (κ3) is 5.31. The second-order valence-electron chi connectivity index (χ2n) is 10.6. The number of benzene rings is 3. The van der Waals surface area contributed by atoms with Gasteiger partial charge >= 0.3 is 0 Å². The maximum absolute atomic E-state index is 14.3. The van der Waals surface area contributed by atoms with Gasteiger partial charge in [0, 0.05) is 42.4 Å². The molecule has 0 aliphatic carbocycles. The number of fused-ring (bicyclic) bond motifs is 2. The smallest absolute Gasteiger partial charge is 0.271 e. The van der Waals surface area contributed by atoms with Crippen molar-refractivity contribution in [1.29, 1.82) is 0 Å². The first kappa shape index (κ1) is 31.0. The fourth-order valence-corrected chi connectivity index (χ4v) is 7.04. The van der Waals surface area contributed by atoms with Crippen LogP contribution in [-0.2, 0) is 4.79 Å². The van der Waals surface area contributed by atoms with E-state index < -0.39 is 11.0 Å². The van der Waals surface area contributed by atoms with Crippen LogP contribution >= 0.6 is 22.9 Å². The molecule has 2 aromatic heterocycles. The summed E-state index contributed by atoms with van der Waals surface area (Å²) in [5.74, 6) is 0.999. The van der Waals surface area contributed by atoms with Gasteiger partial charge in [-0.1, -0.05) is 53.3 Å². The lowest BCUT2D eigenvalue weighted by molar-refractivity contribution is -0.384. The molecule has 1 amide bonds. The zero-order valence-corrected chi connectivity index (χ0v) is 27.0. The standard InChI is InChI=1S/C34H29ClN4O6S/c1-5-37(6-2)33(41)29-19(3)36-34-38(31(29)30-23-10-8-7-9-20(23)11-15-27(30)44-4)32(40)28(46-34)18-22-13-16-26(45-22)24-17-21(39(42)43)12-14-25(24)35/h7-18,31H,5-6H2,1-4H3/b28-18+/t31-/m0/s1. The number of hydrogen-bond acceptors (Lipinski definition) is 8. The van der Waals surface area contributed by atoms with Gasteiger partial charge in [0.15, 0.2) is 4.80 Å². The number of carbonyl (C=O) groups excluding carboxylic acids is 1. The Bertz CT molecular complexity index is 2250. The highest BCUT2D eigenvalue weighted by Crippen LogP contribution is 2.40. The molecule has 0 spiro atoms. The first-order valence-corrected chi connectivity index (χ1v) is 15.8. The van der Waals surface area contributed by atoms with Gasteiger partial charge in [-0.3, -0.25) is 24.3 Å². The molecule has 46 heavy (non-hydrogen) atoms. The zero-order chi connectivity index (χ0) is 32.7. The summed E-state index contributed by atoms with van der Waals surface area (Å²) in [4.78, 5) is 46.2. The number of ether oxygens (including phenoxy) is 1. The molecule has 0 saturated carbocycles.